The van der Waals surface area contributed by atoms with Gasteiger partial charge in [-0.15, -0.1) is 0 Å². The van der Waals surface area contributed by atoms with Crippen molar-refractivity contribution < 1.29 is 9.84 Å². The molecule has 0 spiro atoms. The molecule has 0 saturated carbocycles. The minimum Gasteiger partial charge on any atom is -0.508 e. The number of nitrogens with zero attached hydrogens (tertiary/aromatic N) is 1. The van der Waals surface area contributed by atoms with Crippen LogP contribution in [0.1, 0.15) is 5.56 Å². The molecule has 102 valence electrons. The molecule has 0 heterocycles. The Morgan fingerprint density at radius 3 is 2.60 bits per heavy atom. The van der Waals surface area contributed by atoms with E-state index in [0.29, 0.717) is 22.9 Å². The highest BCUT2D eigenvalue weighted by Crippen LogP contribution is 2.26. The third-order valence-electron chi connectivity index (χ3n) is 2.72. The van der Waals surface area contributed by atoms with Gasteiger partial charge in [-0.05, 0) is 36.4 Å². The molecule has 0 bridgehead atoms. The summed E-state index contributed by atoms with van der Waals surface area (Å²) < 4.78 is 5.16. The van der Waals surface area contributed by atoms with E-state index >= 15 is 0 Å². The summed E-state index contributed by atoms with van der Waals surface area (Å²) >= 11 is 6.03. The van der Waals surface area contributed by atoms with Crippen molar-refractivity contribution in [1.82, 2.24) is 0 Å². The number of aromatic hydroxyl groups is 1. The van der Waals surface area contributed by atoms with Crippen LogP contribution in [0.25, 0.3) is 0 Å². The highest BCUT2D eigenvalue weighted by Gasteiger charge is 2.05. The van der Waals surface area contributed by atoms with Crippen LogP contribution in [0.2, 0.25) is 5.02 Å². The molecule has 0 fully saturated rings. The summed E-state index contributed by atoms with van der Waals surface area (Å²) in [4.78, 5) is 0. The van der Waals surface area contributed by atoms with Gasteiger partial charge in [0.15, 0.2) is 6.61 Å². The quantitative estimate of drug-likeness (QED) is 0.883. The number of halogens is 1. The number of benzene rings is 2. The van der Waals surface area contributed by atoms with E-state index in [9.17, 15) is 5.11 Å². The van der Waals surface area contributed by atoms with Gasteiger partial charge in [0.05, 0.1) is 0 Å². The minimum absolute atomic E-state index is 0.0280. The maximum Gasteiger partial charge on any atom is 0.174 e. The monoisotopic (exact) mass is 288 g/mol. The van der Waals surface area contributed by atoms with Crippen LogP contribution in [-0.2, 0) is 6.54 Å². The number of nitrogens with one attached hydrogen (secondary N) is 1. The SMILES string of the molecule is N#CCOc1ccc(NCc2c(O)cccc2Cl)cc1. The van der Waals surface area contributed by atoms with Crippen molar-refractivity contribution in [2.45, 2.75) is 6.54 Å². The van der Waals surface area contributed by atoms with E-state index in [2.05, 4.69) is 5.32 Å². The van der Waals surface area contributed by atoms with Crippen molar-refractivity contribution >= 4 is 17.3 Å². The first-order valence-corrected chi connectivity index (χ1v) is 6.38. The van der Waals surface area contributed by atoms with Gasteiger partial charge in [-0.25, -0.2) is 0 Å². The highest BCUT2D eigenvalue weighted by atomic mass is 35.5. The molecule has 0 aromatic heterocycles. The summed E-state index contributed by atoms with van der Waals surface area (Å²) in [6, 6.07) is 14.1. The highest BCUT2D eigenvalue weighted by molar-refractivity contribution is 6.31. The third kappa shape index (κ3) is 3.56. The first kappa shape index (κ1) is 14.0. The van der Waals surface area contributed by atoms with Crippen LogP contribution in [0, 0.1) is 11.3 Å². The Balaban J connectivity index is 1.99. The first-order valence-electron chi connectivity index (χ1n) is 6.01. The first-order chi connectivity index (χ1) is 9.70. The zero-order valence-corrected chi connectivity index (χ0v) is 11.4. The number of hydrogen-bond acceptors (Lipinski definition) is 4. The second kappa shape index (κ2) is 6.69. The summed E-state index contributed by atoms with van der Waals surface area (Å²) in [5, 5.41) is 21.8. The number of phenolic OH excluding ortho intramolecular Hbond substituents is 1. The van der Waals surface area contributed by atoms with Gasteiger partial charge in [-0.3, -0.25) is 0 Å². The fourth-order valence-corrected chi connectivity index (χ4v) is 1.93. The van der Waals surface area contributed by atoms with Crippen molar-refractivity contribution in [3.8, 4) is 17.6 Å². The average Bonchev–Trinajstić information content (AvgIpc) is 2.46. The zero-order chi connectivity index (χ0) is 14.4. The molecule has 2 N–H and O–H groups in total. The van der Waals surface area contributed by atoms with Gasteiger partial charge in [-0.2, -0.15) is 5.26 Å². The molecule has 2 rings (SSSR count). The van der Waals surface area contributed by atoms with Gasteiger partial charge >= 0.3 is 0 Å². The summed E-state index contributed by atoms with van der Waals surface area (Å²) in [6.45, 7) is 0.449. The molecule has 0 amide bonds. The average molecular weight is 289 g/mol. The summed E-state index contributed by atoms with van der Waals surface area (Å²) in [7, 11) is 0. The van der Waals surface area contributed by atoms with Gasteiger partial charge in [0.2, 0.25) is 0 Å². The van der Waals surface area contributed by atoms with E-state index in [4.69, 9.17) is 21.6 Å². The van der Waals surface area contributed by atoms with Gasteiger partial charge in [0.1, 0.15) is 17.6 Å². The maximum atomic E-state index is 9.74. The van der Waals surface area contributed by atoms with Crippen molar-refractivity contribution in [3.05, 3.63) is 53.1 Å². The van der Waals surface area contributed by atoms with Gasteiger partial charge in [0.25, 0.3) is 0 Å². The molecule has 0 saturated heterocycles. The molecule has 4 nitrogen and oxygen atoms in total. The van der Waals surface area contributed by atoms with Gasteiger partial charge in [0, 0.05) is 22.8 Å². The largest absolute Gasteiger partial charge is 0.508 e. The standard InChI is InChI=1S/C15H13ClN2O2/c16-14-2-1-3-15(19)13(14)10-18-11-4-6-12(7-5-11)20-9-8-17/h1-7,18-19H,9-10H2. The Labute approximate surface area is 122 Å². The molecule has 0 radical (unpaired) electrons. The molecule has 0 aliphatic heterocycles. The van der Waals surface area contributed by atoms with Crippen molar-refractivity contribution in [2.24, 2.45) is 0 Å². The lowest BCUT2D eigenvalue weighted by molar-refractivity contribution is 0.368. The second-order valence-electron chi connectivity index (χ2n) is 4.06. The van der Waals surface area contributed by atoms with Gasteiger partial charge < -0.3 is 15.2 Å². The van der Waals surface area contributed by atoms with E-state index in [0.717, 1.165) is 5.69 Å². The smallest absolute Gasteiger partial charge is 0.174 e. The minimum atomic E-state index is 0.0280. The molecule has 0 aliphatic carbocycles. The molecule has 5 heteroatoms. The van der Waals surface area contributed by atoms with E-state index in [-0.39, 0.29) is 12.4 Å². The topological polar surface area (TPSA) is 65.3 Å². The van der Waals surface area contributed by atoms with E-state index in [1.54, 1.807) is 30.3 Å². The molecule has 20 heavy (non-hydrogen) atoms. The second-order valence-corrected chi connectivity index (χ2v) is 4.47. The number of anilines is 1. The Bertz CT molecular complexity index is 601. The van der Waals surface area contributed by atoms with Crippen LogP contribution in [0.4, 0.5) is 5.69 Å². The van der Waals surface area contributed by atoms with Crippen LogP contribution >= 0.6 is 11.6 Å². The number of phenols is 1. The summed E-state index contributed by atoms with van der Waals surface area (Å²) in [6.07, 6.45) is 0. The predicted octanol–water partition coefficient (Wildman–Crippen LogP) is 3.56. The fourth-order valence-electron chi connectivity index (χ4n) is 1.70. The Morgan fingerprint density at radius 1 is 1.20 bits per heavy atom. The predicted molar refractivity (Wildman–Crippen MR) is 78.0 cm³/mol. The lowest BCUT2D eigenvalue weighted by Crippen LogP contribution is -2.00. The van der Waals surface area contributed by atoms with Crippen LogP contribution in [0.5, 0.6) is 11.5 Å². The molecule has 2 aromatic carbocycles. The Kier molecular flexibility index (Phi) is 4.70. The lowest BCUT2D eigenvalue weighted by atomic mass is 10.2. The number of rotatable bonds is 5. The molecule has 0 aliphatic rings. The zero-order valence-electron chi connectivity index (χ0n) is 10.6. The summed E-state index contributed by atoms with van der Waals surface area (Å²) in [5.41, 5.74) is 1.52. The van der Waals surface area contributed by atoms with Crippen molar-refractivity contribution in [1.29, 1.82) is 5.26 Å². The molecule has 2 aromatic rings. The number of nitriles is 1. The van der Waals surface area contributed by atoms with E-state index < -0.39 is 0 Å². The summed E-state index contributed by atoms with van der Waals surface area (Å²) in [5.74, 6) is 0.802. The van der Waals surface area contributed by atoms with Crippen LogP contribution in [0.3, 0.4) is 0 Å². The molecular weight excluding hydrogens is 276 g/mol. The number of hydrogen-bond donors (Lipinski definition) is 2. The number of ether oxygens (including phenoxy) is 1. The van der Waals surface area contributed by atoms with Crippen LogP contribution in [-0.4, -0.2) is 11.7 Å². The third-order valence-corrected chi connectivity index (χ3v) is 3.08. The normalized spacial score (nSPS) is 9.80. The van der Waals surface area contributed by atoms with Crippen molar-refractivity contribution in [3.63, 3.8) is 0 Å². The Morgan fingerprint density at radius 2 is 1.95 bits per heavy atom. The van der Waals surface area contributed by atoms with E-state index in [1.165, 1.54) is 0 Å². The Hall–Kier alpha value is -2.38. The van der Waals surface area contributed by atoms with Gasteiger partial charge in [-0.1, -0.05) is 17.7 Å². The van der Waals surface area contributed by atoms with Crippen LogP contribution in [0.15, 0.2) is 42.5 Å². The lowest BCUT2D eigenvalue weighted by Gasteiger charge is -2.10. The van der Waals surface area contributed by atoms with Crippen molar-refractivity contribution in [2.75, 3.05) is 11.9 Å². The maximum absolute atomic E-state index is 9.74. The molecule has 0 unspecified atom stereocenters. The molecular formula is C15H13ClN2O2. The van der Waals surface area contributed by atoms with E-state index in [1.807, 2.05) is 18.2 Å². The fraction of sp³-hybridized carbons (Fsp3) is 0.133. The molecule has 0 atom stereocenters. The van der Waals surface area contributed by atoms with Crippen LogP contribution < -0.4 is 10.1 Å².